The predicted octanol–water partition coefficient (Wildman–Crippen LogP) is 7.81. The molecule has 0 fully saturated rings. The first kappa shape index (κ1) is 28.7. The summed E-state index contributed by atoms with van der Waals surface area (Å²) in [6.45, 7) is 9.97. The maximum atomic E-state index is 12.9. The van der Waals surface area contributed by atoms with Gasteiger partial charge in [0.25, 0.3) is 0 Å². The Kier molecular flexibility index (Phi) is 9.85. The van der Waals surface area contributed by atoms with Crippen molar-refractivity contribution < 1.29 is 9.53 Å². The molecule has 3 aromatic rings. The molecule has 0 aliphatic heterocycles. The molecule has 0 aliphatic carbocycles. The zero-order valence-corrected chi connectivity index (χ0v) is 23.2. The van der Waals surface area contributed by atoms with Crippen LogP contribution in [-0.4, -0.2) is 24.7 Å². The maximum absolute atomic E-state index is 12.9. The van der Waals surface area contributed by atoms with Crippen molar-refractivity contribution in [2.75, 3.05) is 17.3 Å². The van der Waals surface area contributed by atoms with Gasteiger partial charge in [-0.15, -0.1) is 0 Å². The molecule has 7 heteroatoms. The summed E-state index contributed by atoms with van der Waals surface area (Å²) in [6.07, 6.45) is 1.62. The third-order valence-electron chi connectivity index (χ3n) is 6.50. The molecule has 0 saturated carbocycles. The van der Waals surface area contributed by atoms with Gasteiger partial charge in [-0.1, -0.05) is 56.3 Å². The molecule has 1 atom stereocenters. The highest BCUT2D eigenvalue weighted by Gasteiger charge is 2.27. The van der Waals surface area contributed by atoms with Crippen LogP contribution in [0.15, 0.2) is 73.3 Å². The van der Waals surface area contributed by atoms with Crippen LogP contribution in [0.2, 0.25) is 5.02 Å². The van der Waals surface area contributed by atoms with Gasteiger partial charge in [-0.05, 0) is 78.9 Å². The Morgan fingerprint density at radius 2 is 1.71 bits per heavy atom. The monoisotopic (exact) mass is 530 g/mol. The number of aryl methyl sites for hydroxylation is 1. The molecule has 198 valence electrons. The number of rotatable bonds is 10. The van der Waals surface area contributed by atoms with E-state index in [1.165, 1.54) is 5.56 Å². The highest BCUT2D eigenvalue weighted by Crippen LogP contribution is 2.35. The van der Waals surface area contributed by atoms with Crippen LogP contribution in [0.1, 0.15) is 50.3 Å². The summed E-state index contributed by atoms with van der Waals surface area (Å²) >= 11 is 6.08. The van der Waals surface area contributed by atoms with Crippen molar-refractivity contribution in [3.05, 3.63) is 95.0 Å². The number of ether oxygens (including phenoxy) is 1. The fourth-order valence-electron chi connectivity index (χ4n) is 4.25. The lowest BCUT2D eigenvalue weighted by atomic mass is 9.95. The SMILES string of the molecule is C=C(c1ccc(Cl)cc1)c1cc(OC)ccc1N(C(C)=N)C(=N)C(CC)CC(=O)Nc1ccc(CC)cc1. The van der Waals surface area contributed by atoms with Crippen molar-refractivity contribution in [3.63, 3.8) is 0 Å². The number of benzene rings is 3. The summed E-state index contributed by atoms with van der Waals surface area (Å²) in [5, 5.41) is 21.2. The summed E-state index contributed by atoms with van der Waals surface area (Å²) in [5.74, 6) is 0.401. The number of anilines is 2. The average molecular weight is 531 g/mol. The number of hydrogen-bond acceptors (Lipinski definition) is 4. The summed E-state index contributed by atoms with van der Waals surface area (Å²) in [5.41, 5.74) is 4.83. The van der Waals surface area contributed by atoms with Gasteiger partial charge in [0.05, 0.1) is 12.8 Å². The zero-order chi connectivity index (χ0) is 27.8. The van der Waals surface area contributed by atoms with Gasteiger partial charge in [0, 0.05) is 28.6 Å². The molecule has 3 rings (SSSR count). The van der Waals surface area contributed by atoms with Crippen molar-refractivity contribution in [1.29, 1.82) is 10.8 Å². The molecule has 1 unspecified atom stereocenters. The van der Waals surface area contributed by atoms with Crippen LogP contribution in [0.3, 0.4) is 0 Å². The van der Waals surface area contributed by atoms with Gasteiger partial charge in [-0.25, -0.2) is 0 Å². The minimum Gasteiger partial charge on any atom is -0.497 e. The summed E-state index contributed by atoms with van der Waals surface area (Å²) in [7, 11) is 1.59. The van der Waals surface area contributed by atoms with Crippen molar-refractivity contribution in [2.45, 2.75) is 40.0 Å². The average Bonchev–Trinajstić information content (AvgIpc) is 2.92. The van der Waals surface area contributed by atoms with Gasteiger partial charge < -0.3 is 10.1 Å². The van der Waals surface area contributed by atoms with E-state index in [9.17, 15) is 4.79 Å². The van der Waals surface area contributed by atoms with E-state index >= 15 is 0 Å². The number of hydrogen-bond donors (Lipinski definition) is 3. The first-order chi connectivity index (χ1) is 18.2. The second kappa shape index (κ2) is 13.1. The molecule has 3 N–H and O–H groups in total. The fourth-order valence-corrected chi connectivity index (χ4v) is 4.38. The predicted molar refractivity (Wildman–Crippen MR) is 159 cm³/mol. The molecule has 0 aliphatic rings. The van der Waals surface area contributed by atoms with Crippen molar-refractivity contribution in [1.82, 2.24) is 0 Å². The van der Waals surface area contributed by atoms with E-state index in [0.29, 0.717) is 28.5 Å². The van der Waals surface area contributed by atoms with E-state index in [1.807, 2.05) is 55.5 Å². The van der Waals surface area contributed by atoms with Crippen LogP contribution in [0.5, 0.6) is 5.75 Å². The maximum Gasteiger partial charge on any atom is 0.225 e. The van der Waals surface area contributed by atoms with E-state index in [2.05, 4.69) is 18.8 Å². The van der Waals surface area contributed by atoms with Gasteiger partial charge >= 0.3 is 0 Å². The molecule has 3 aromatic carbocycles. The number of nitrogens with zero attached hydrogens (tertiary/aromatic N) is 1. The van der Waals surface area contributed by atoms with Crippen LogP contribution in [0.4, 0.5) is 11.4 Å². The first-order valence-electron chi connectivity index (χ1n) is 12.6. The minimum atomic E-state index is -0.399. The largest absolute Gasteiger partial charge is 0.497 e. The lowest BCUT2D eigenvalue weighted by molar-refractivity contribution is -0.116. The standard InChI is InChI=1S/C31H35ClN4O2/c1-6-22-8-14-26(15-9-22)35-30(37)18-23(7-2)31(34)36(21(4)33)29-17-16-27(38-5)19-28(29)20(3)24-10-12-25(32)13-11-24/h8-17,19,23,33-34H,3,6-7,18H2,1-2,4-5H3,(H,35,37). The van der Waals surface area contributed by atoms with Crippen LogP contribution in [0, 0.1) is 16.7 Å². The lowest BCUT2D eigenvalue weighted by Crippen LogP contribution is -2.40. The Labute approximate surface area is 230 Å². The third kappa shape index (κ3) is 6.90. The van der Waals surface area contributed by atoms with Crippen LogP contribution in [-0.2, 0) is 11.2 Å². The van der Waals surface area contributed by atoms with E-state index < -0.39 is 5.92 Å². The quantitative estimate of drug-likeness (QED) is 0.184. The number of amides is 1. The molecule has 0 spiro atoms. The highest BCUT2D eigenvalue weighted by molar-refractivity contribution is 6.30. The molecule has 38 heavy (non-hydrogen) atoms. The van der Waals surface area contributed by atoms with E-state index in [1.54, 1.807) is 37.1 Å². The van der Waals surface area contributed by atoms with E-state index in [0.717, 1.165) is 23.2 Å². The highest BCUT2D eigenvalue weighted by atomic mass is 35.5. The molecule has 1 amide bonds. The number of halogens is 1. The third-order valence-corrected chi connectivity index (χ3v) is 6.75. The Hall–Kier alpha value is -3.90. The minimum absolute atomic E-state index is 0.123. The molecular weight excluding hydrogens is 496 g/mol. The Morgan fingerprint density at radius 3 is 2.26 bits per heavy atom. The fraction of sp³-hybridized carbons (Fsp3) is 0.258. The summed E-state index contributed by atoms with van der Waals surface area (Å²) < 4.78 is 5.47. The molecule has 0 saturated heterocycles. The van der Waals surface area contributed by atoms with Gasteiger partial charge in [-0.2, -0.15) is 0 Å². The molecular formula is C31H35ClN4O2. The van der Waals surface area contributed by atoms with Gasteiger partial charge in [-0.3, -0.25) is 20.5 Å². The number of carbonyl (C=O) groups excluding carboxylic acids is 1. The van der Waals surface area contributed by atoms with Gasteiger partial charge in [0.2, 0.25) is 5.91 Å². The topological polar surface area (TPSA) is 89.3 Å². The molecule has 6 nitrogen and oxygen atoms in total. The number of methoxy groups -OCH3 is 1. The molecule has 0 heterocycles. The van der Waals surface area contributed by atoms with Crippen LogP contribution >= 0.6 is 11.6 Å². The van der Waals surface area contributed by atoms with Crippen molar-refractivity contribution in [2.24, 2.45) is 5.92 Å². The Morgan fingerprint density at radius 1 is 1.05 bits per heavy atom. The summed E-state index contributed by atoms with van der Waals surface area (Å²) in [4.78, 5) is 14.5. The van der Waals surface area contributed by atoms with Crippen LogP contribution < -0.4 is 15.0 Å². The second-order valence-electron chi connectivity index (χ2n) is 9.08. The number of carbonyl (C=O) groups is 1. The first-order valence-corrected chi connectivity index (χ1v) is 13.0. The summed E-state index contributed by atoms with van der Waals surface area (Å²) in [6, 6.07) is 20.6. The van der Waals surface area contributed by atoms with Gasteiger partial charge in [0.15, 0.2) is 0 Å². The van der Waals surface area contributed by atoms with E-state index in [-0.39, 0.29) is 24.0 Å². The van der Waals surface area contributed by atoms with Crippen LogP contribution in [0.25, 0.3) is 5.57 Å². The normalized spacial score (nSPS) is 11.4. The van der Waals surface area contributed by atoms with Gasteiger partial charge in [0.1, 0.15) is 17.4 Å². The number of amidine groups is 2. The molecule has 0 radical (unpaired) electrons. The Bertz CT molecular complexity index is 1320. The molecule has 0 aromatic heterocycles. The van der Waals surface area contributed by atoms with Crippen molar-refractivity contribution in [3.8, 4) is 5.75 Å². The molecule has 0 bridgehead atoms. The second-order valence-corrected chi connectivity index (χ2v) is 9.52. The number of nitrogens with one attached hydrogen (secondary N) is 3. The Balaban J connectivity index is 1.91. The zero-order valence-electron chi connectivity index (χ0n) is 22.4. The van der Waals surface area contributed by atoms with E-state index in [4.69, 9.17) is 27.2 Å². The smallest absolute Gasteiger partial charge is 0.225 e. The van der Waals surface area contributed by atoms with Crippen molar-refractivity contribution >= 4 is 46.1 Å². The lowest BCUT2D eigenvalue weighted by Gasteiger charge is -2.31.